The molecule has 0 saturated carbocycles. The van der Waals surface area contributed by atoms with E-state index in [1.165, 1.54) is 0 Å². The molecule has 8 heteroatoms. The minimum absolute atomic E-state index is 0.178. The van der Waals surface area contributed by atoms with Gasteiger partial charge in [0.05, 0.1) is 39.6 Å². The zero-order valence-corrected chi connectivity index (χ0v) is 14.0. The number of methoxy groups -OCH3 is 2. The summed E-state index contributed by atoms with van der Waals surface area (Å²) in [6.45, 7) is 3.02. The van der Waals surface area contributed by atoms with Crippen molar-refractivity contribution >= 4 is 11.9 Å². The highest BCUT2D eigenvalue weighted by Gasteiger charge is 2.07. The van der Waals surface area contributed by atoms with Crippen LogP contribution in [0, 0.1) is 0 Å². The van der Waals surface area contributed by atoms with E-state index in [1.54, 1.807) is 14.2 Å². The van der Waals surface area contributed by atoms with E-state index in [9.17, 15) is 9.59 Å². The molecular weight excluding hydrogens is 308 g/mol. The molecule has 0 heterocycles. The summed E-state index contributed by atoms with van der Waals surface area (Å²) >= 11 is 0. The van der Waals surface area contributed by atoms with Crippen molar-refractivity contribution in [3.63, 3.8) is 0 Å². The summed E-state index contributed by atoms with van der Waals surface area (Å²) in [6.07, 6.45) is 0.752. The van der Waals surface area contributed by atoms with Gasteiger partial charge in [0.25, 0.3) is 0 Å². The number of hydrogen-bond acceptors (Lipinski definition) is 8. The number of carbonyl (C=O) groups excluding carboxylic acids is 2. The third kappa shape index (κ3) is 17.0. The molecule has 0 aromatic carbocycles. The van der Waals surface area contributed by atoms with Crippen LogP contribution in [0.4, 0.5) is 0 Å². The molecule has 0 rings (SSSR count). The lowest BCUT2D eigenvalue weighted by Crippen LogP contribution is -2.14. The summed E-state index contributed by atoms with van der Waals surface area (Å²) in [6, 6.07) is 0. The van der Waals surface area contributed by atoms with Gasteiger partial charge in [-0.15, -0.1) is 0 Å². The van der Waals surface area contributed by atoms with E-state index < -0.39 is 0 Å². The van der Waals surface area contributed by atoms with Crippen LogP contribution in [0.1, 0.15) is 19.3 Å². The van der Waals surface area contributed by atoms with Crippen LogP contribution in [0.15, 0.2) is 0 Å². The van der Waals surface area contributed by atoms with Gasteiger partial charge in [-0.3, -0.25) is 9.59 Å². The van der Waals surface area contributed by atoms with Gasteiger partial charge in [-0.05, 0) is 6.42 Å². The molecule has 0 amide bonds. The van der Waals surface area contributed by atoms with Crippen LogP contribution >= 0.6 is 0 Å². The predicted octanol–water partition coefficient (Wildman–Crippen LogP) is 0.569. The molecule has 0 N–H and O–H groups in total. The molecule has 0 aliphatic rings. The van der Waals surface area contributed by atoms with Crippen molar-refractivity contribution in [2.45, 2.75) is 19.3 Å². The third-order valence-corrected chi connectivity index (χ3v) is 2.61. The number of esters is 2. The molecule has 0 bridgehead atoms. The van der Waals surface area contributed by atoms with Gasteiger partial charge in [0.2, 0.25) is 0 Å². The van der Waals surface area contributed by atoms with Crippen molar-refractivity contribution in [3.05, 3.63) is 0 Å². The fourth-order valence-electron chi connectivity index (χ4n) is 1.44. The smallest absolute Gasteiger partial charge is 0.305 e. The van der Waals surface area contributed by atoms with Crippen molar-refractivity contribution in [3.8, 4) is 0 Å². The van der Waals surface area contributed by atoms with Crippen LogP contribution in [0.5, 0.6) is 0 Å². The first kappa shape index (κ1) is 21.8. The maximum atomic E-state index is 11.4. The molecule has 0 atom stereocenters. The quantitative estimate of drug-likeness (QED) is 0.298. The zero-order chi connectivity index (χ0) is 17.2. The molecule has 0 spiro atoms. The molecule has 0 fully saturated rings. The van der Waals surface area contributed by atoms with E-state index in [0.717, 1.165) is 0 Å². The fourth-order valence-corrected chi connectivity index (χ4v) is 1.44. The van der Waals surface area contributed by atoms with Crippen LogP contribution in [0.2, 0.25) is 0 Å². The molecular formula is C15H28O8. The Bertz CT molecular complexity index is 267. The van der Waals surface area contributed by atoms with Crippen molar-refractivity contribution < 1.29 is 38.0 Å². The van der Waals surface area contributed by atoms with Gasteiger partial charge < -0.3 is 28.4 Å². The van der Waals surface area contributed by atoms with E-state index >= 15 is 0 Å². The maximum Gasteiger partial charge on any atom is 0.305 e. The minimum atomic E-state index is -0.351. The molecule has 8 nitrogen and oxygen atoms in total. The Morgan fingerprint density at radius 2 is 1.00 bits per heavy atom. The summed E-state index contributed by atoms with van der Waals surface area (Å²) in [5, 5.41) is 0. The monoisotopic (exact) mass is 336 g/mol. The third-order valence-electron chi connectivity index (χ3n) is 2.61. The molecule has 23 heavy (non-hydrogen) atoms. The lowest BCUT2D eigenvalue weighted by molar-refractivity contribution is -0.147. The van der Waals surface area contributed by atoms with Crippen molar-refractivity contribution in [1.82, 2.24) is 0 Å². The van der Waals surface area contributed by atoms with Gasteiger partial charge in [0, 0.05) is 27.1 Å². The molecule has 0 aromatic rings. The SMILES string of the molecule is COCCOCCOC(=O)CCCC(=O)OCCOCCOC. The maximum absolute atomic E-state index is 11.4. The largest absolute Gasteiger partial charge is 0.463 e. The van der Waals surface area contributed by atoms with Crippen LogP contribution in [-0.2, 0) is 38.0 Å². The second kappa shape index (κ2) is 17.1. The van der Waals surface area contributed by atoms with Crippen molar-refractivity contribution in [2.75, 3.05) is 67.1 Å². The number of carbonyl (C=O) groups is 2. The predicted molar refractivity (Wildman–Crippen MR) is 81.2 cm³/mol. The Morgan fingerprint density at radius 1 is 0.609 bits per heavy atom. The average molecular weight is 336 g/mol. The molecule has 0 unspecified atom stereocenters. The van der Waals surface area contributed by atoms with Crippen molar-refractivity contribution in [2.24, 2.45) is 0 Å². The summed E-state index contributed by atoms with van der Waals surface area (Å²) in [4.78, 5) is 22.8. The topological polar surface area (TPSA) is 89.5 Å². The van der Waals surface area contributed by atoms with Gasteiger partial charge in [-0.1, -0.05) is 0 Å². The zero-order valence-electron chi connectivity index (χ0n) is 14.0. The Morgan fingerprint density at radius 3 is 1.39 bits per heavy atom. The second-order valence-electron chi connectivity index (χ2n) is 4.50. The second-order valence-corrected chi connectivity index (χ2v) is 4.50. The van der Waals surface area contributed by atoms with Crippen LogP contribution in [0.3, 0.4) is 0 Å². The molecule has 0 saturated heterocycles. The van der Waals surface area contributed by atoms with E-state index in [2.05, 4.69) is 0 Å². The fraction of sp³-hybridized carbons (Fsp3) is 0.867. The minimum Gasteiger partial charge on any atom is -0.463 e. The summed E-state index contributed by atoms with van der Waals surface area (Å²) in [5.74, 6) is -0.702. The highest BCUT2D eigenvalue weighted by molar-refractivity contribution is 5.72. The van der Waals surface area contributed by atoms with Gasteiger partial charge in [-0.2, -0.15) is 0 Å². The summed E-state index contributed by atoms with van der Waals surface area (Å²) < 4.78 is 29.8. The molecule has 0 radical (unpaired) electrons. The molecule has 0 aromatic heterocycles. The van der Waals surface area contributed by atoms with E-state index in [-0.39, 0.29) is 38.0 Å². The number of hydrogen-bond donors (Lipinski definition) is 0. The van der Waals surface area contributed by atoms with E-state index in [1.807, 2.05) is 0 Å². The molecule has 0 aliphatic carbocycles. The molecule has 0 aliphatic heterocycles. The Hall–Kier alpha value is -1.22. The highest BCUT2D eigenvalue weighted by Crippen LogP contribution is 2.00. The first-order chi connectivity index (χ1) is 11.2. The normalized spacial score (nSPS) is 10.5. The standard InChI is InChI=1S/C15H28O8/c1-18-6-8-20-10-12-22-14(16)4-3-5-15(17)23-13-11-21-9-7-19-2/h3-13H2,1-2H3. The average Bonchev–Trinajstić information content (AvgIpc) is 2.54. The van der Waals surface area contributed by atoms with Gasteiger partial charge in [-0.25, -0.2) is 0 Å². The van der Waals surface area contributed by atoms with Crippen LogP contribution < -0.4 is 0 Å². The Balaban J connectivity index is 3.33. The van der Waals surface area contributed by atoms with Crippen LogP contribution in [0.25, 0.3) is 0 Å². The van der Waals surface area contributed by atoms with Crippen molar-refractivity contribution in [1.29, 1.82) is 0 Å². The Kier molecular flexibility index (Phi) is 16.2. The van der Waals surface area contributed by atoms with Gasteiger partial charge in [0.15, 0.2) is 0 Å². The van der Waals surface area contributed by atoms with Crippen LogP contribution in [-0.4, -0.2) is 79.0 Å². The number of ether oxygens (including phenoxy) is 6. The lowest BCUT2D eigenvalue weighted by atomic mass is 10.2. The highest BCUT2D eigenvalue weighted by atomic mass is 16.6. The first-order valence-electron chi connectivity index (χ1n) is 7.65. The molecule has 136 valence electrons. The van der Waals surface area contributed by atoms with E-state index in [0.29, 0.717) is 46.1 Å². The van der Waals surface area contributed by atoms with Gasteiger partial charge in [0.1, 0.15) is 13.2 Å². The summed E-state index contributed by atoms with van der Waals surface area (Å²) in [5.41, 5.74) is 0. The lowest BCUT2D eigenvalue weighted by Gasteiger charge is -2.07. The van der Waals surface area contributed by atoms with Gasteiger partial charge >= 0.3 is 11.9 Å². The summed E-state index contributed by atoms with van der Waals surface area (Å²) in [7, 11) is 3.17. The first-order valence-corrected chi connectivity index (χ1v) is 7.65. The number of rotatable bonds is 16. The Labute approximate surface area is 137 Å². The van der Waals surface area contributed by atoms with E-state index in [4.69, 9.17) is 28.4 Å².